The molecular weight excluding hydrogens is 356 g/mol. The first-order chi connectivity index (χ1) is 14.1. The van der Waals surface area contributed by atoms with E-state index in [-0.39, 0.29) is 5.76 Å². The Labute approximate surface area is 179 Å². The molecule has 0 spiro atoms. The van der Waals surface area contributed by atoms with E-state index >= 15 is 0 Å². The molecule has 1 aliphatic rings. The lowest BCUT2D eigenvalue weighted by atomic mass is 9.68. The molecule has 1 fully saturated rings. The van der Waals surface area contributed by atoms with Crippen molar-refractivity contribution in [2.45, 2.75) is 110 Å². The number of aliphatic hydroxyl groups is 1. The molecule has 0 aliphatic heterocycles. The predicted molar refractivity (Wildman–Crippen MR) is 125 cm³/mol. The number of hydrogen-bond acceptors (Lipinski definition) is 2. The first-order valence-corrected chi connectivity index (χ1v) is 12.2. The minimum absolute atomic E-state index is 0.283. The van der Waals surface area contributed by atoms with Crippen molar-refractivity contribution in [1.82, 2.24) is 0 Å². The molecule has 2 nitrogen and oxygen atoms in total. The van der Waals surface area contributed by atoms with E-state index in [9.17, 15) is 5.11 Å². The minimum Gasteiger partial charge on any atom is -0.513 e. The molecular formula is C27H44O2. The third-order valence-electron chi connectivity index (χ3n) is 6.83. The van der Waals surface area contributed by atoms with Crippen molar-refractivity contribution in [3.8, 4) is 5.75 Å². The van der Waals surface area contributed by atoms with Gasteiger partial charge < -0.3 is 9.84 Å². The number of benzene rings is 1. The Balaban J connectivity index is 1.82. The van der Waals surface area contributed by atoms with Crippen LogP contribution in [0, 0.1) is 5.41 Å². The van der Waals surface area contributed by atoms with Crippen LogP contribution in [-0.4, -0.2) is 11.7 Å². The highest BCUT2D eigenvalue weighted by molar-refractivity contribution is 5.30. The molecule has 2 rings (SSSR count). The summed E-state index contributed by atoms with van der Waals surface area (Å²) in [5, 5.41) is 9.64. The molecule has 1 aliphatic carbocycles. The van der Waals surface area contributed by atoms with E-state index in [1.54, 1.807) is 0 Å². The number of ether oxygens (including phenoxy) is 1. The molecule has 0 radical (unpaired) electrons. The fourth-order valence-electron chi connectivity index (χ4n) is 5.07. The molecule has 0 heterocycles. The highest BCUT2D eigenvalue weighted by Gasteiger charge is 2.30. The van der Waals surface area contributed by atoms with Crippen molar-refractivity contribution in [1.29, 1.82) is 0 Å². The number of aliphatic hydroxyl groups excluding tert-OH is 1. The average Bonchev–Trinajstić information content (AvgIpc) is 2.74. The second kappa shape index (κ2) is 13.0. The van der Waals surface area contributed by atoms with Gasteiger partial charge in [-0.05, 0) is 67.6 Å². The molecule has 1 aromatic carbocycles. The zero-order valence-corrected chi connectivity index (χ0v) is 19.1. The van der Waals surface area contributed by atoms with Gasteiger partial charge in [0, 0.05) is 6.42 Å². The van der Waals surface area contributed by atoms with E-state index in [2.05, 4.69) is 44.7 Å². The van der Waals surface area contributed by atoms with Gasteiger partial charge in [0.25, 0.3) is 0 Å². The lowest BCUT2D eigenvalue weighted by Crippen LogP contribution is -2.24. The van der Waals surface area contributed by atoms with Crippen LogP contribution in [0.3, 0.4) is 0 Å². The number of allylic oxidation sites excluding steroid dienone is 1. The average molecular weight is 401 g/mol. The predicted octanol–water partition coefficient (Wildman–Crippen LogP) is 8.72. The zero-order valence-electron chi connectivity index (χ0n) is 19.1. The van der Waals surface area contributed by atoms with Crippen LogP contribution >= 0.6 is 0 Å². The van der Waals surface area contributed by atoms with Crippen LogP contribution in [0.1, 0.15) is 115 Å². The van der Waals surface area contributed by atoms with Crippen molar-refractivity contribution in [2.75, 3.05) is 6.61 Å². The lowest BCUT2D eigenvalue weighted by Gasteiger charge is -2.37. The van der Waals surface area contributed by atoms with Crippen molar-refractivity contribution in [3.05, 3.63) is 42.2 Å². The molecule has 29 heavy (non-hydrogen) atoms. The second-order valence-corrected chi connectivity index (χ2v) is 9.29. The van der Waals surface area contributed by atoms with Gasteiger partial charge in [-0.3, -0.25) is 0 Å². The Kier molecular flexibility index (Phi) is 10.7. The molecule has 164 valence electrons. The fourth-order valence-corrected chi connectivity index (χ4v) is 5.07. The van der Waals surface area contributed by atoms with Crippen molar-refractivity contribution >= 4 is 0 Å². The molecule has 1 aromatic rings. The maximum atomic E-state index is 9.64. The molecule has 0 unspecified atom stereocenters. The Morgan fingerprint density at radius 2 is 1.66 bits per heavy atom. The zero-order chi connectivity index (χ0) is 21.0. The van der Waals surface area contributed by atoms with E-state index in [4.69, 9.17) is 4.74 Å². The number of hydrogen-bond donors (Lipinski definition) is 1. The Hall–Kier alpha value is -1.44. The SMILES string of the molecule is C=C(O)C[C@H](CCCC)c1ccc(OCCCC2(CCCC)CCCCC2)cc1. The van der Waals surface area contributed by atoms with E-state index in [1.165, 1.54) is 76.2 Å². The van der Waals surface area contributed by atoms with Crippen LogP contribution in [0.15, 0.2) is 36.6 Å². The van der Waals surface area contributed by atoms with E-state index in [0.717, 1.165) is 25.2 Å². The summed E-state index contributed by atoms with van der Waals surface area (Å²) in [5.41, 5.74) is 1.88. The number of unbranched alkanes of at least 4 members (excludes halogenated alkanes) is 2. The van der Waals surface area contributed by atoms with Gasteiger partial charge in [0.05, 0.1) is 12.4 Å². The summed E-state index contributed by atoms with van der Waals surface area (Å²) in [6, 6.07) is 8.54. The summed E-state index contributed by atoms with van der Waals surface area (Å²) in [6.45, 7) is 9.03. The third kappa shape index (κ3) is 8.44. The highest BCUT2D eigenvalue weighted by atomic mass is 16.5. The monoisotopic (exact) mass is 400 g/mol. The summed E-state index contributed by atoms with van der Waals surface area (Å²) in [6.07, 6.45) is 17.8. The highest BCUT2D eigenvalue weighted by Crippen LogP contribution is 2.44. The molecule has 0 amide bonds. The molecule has 0 saturated heterocycles. The van der Waals surface area contributed by atoms with Crippen LogP contribution in [0.5, 0.6) is 5.75 Å². The molecule has 2 heteroatoms. The lowest BCUT2D eigenvalue weighted by molar-refractivity contribution is 0.138. The minimum atomic E-state index is 0.283. The van der Waals surface area contributed by atoms with Crippen LogP contribution < -0.4 is 4.74 Å². The van der Waals surface area contributed by atoms with E-state index < -0.39 is 0 Å². The van der Waals surface area contributed by atoms with Crippen LogP contribution in [0.25, 0.3) is 0 Å². The second-order valence-electron chi connectivity index (χ2n) is 9.29. The van der Waals surface area contributed by atoms with Gasteiger partial charge in [0.2, 0.25) is 0 Å². The normalized spacial score (nSPS) is 17.0. The molecule has 0 aromatic heterocycles. The first-order valence-electron chi connectivity index (χ1n) is 12.2. The molecule has 1 saturated carbocycles. The molecule has 0 bridgehead atoms. The van der Waals surface area contributed by atoms with Gasteiger partial charge in [-0.1, -0.05) is 77.5 Å². The van der Waals surface area contributed by atoms with Crippen LogP contribution in [-0.2, 0) is 0 Å². The van der Waals surface area contributed by atoms with Crippen LogP contribution in [0.4, 0.5) is 0 Å². The summed E-state index contributed by atoms with van der Waals surface area (Å²) in [5.74, 6) is 1.61. The van der Waals surface area contributed by atoms with Crippen LogP contribution in [0.2, 0.25) is 0 Å². The Morgan fingerprint density at radius 3 is 2.28 bits per heavy atom. The maximum absolute atomic E-state index is 9.64. The Bertz CT molecular complexity index is 569. The van der Waals surface area contributed by atoms with Gasteiger partial charge in [-0.25, -0.2) is 0 Å². The summed E-state index contributed by atoms with van der Waals surface area (Å²) < 4.78 is 6.08. The fraction of sp³-hybridized carbons (Fsp3) is 0.704. The van der Waals surface area contributed by atoms with Crippen molar-refractivity contribution in [3.63, 3.8) is 0 Å². The van der Waals surface area contributed by atoms with Gasteiger partial charge >= 0.3 is 0 Å². The van der Waals surface area contributed by atoms with Gasteiger partial charge in [0.15, 0.2) is 0 Å². The van der Waals surface area contributed by atoms with Crippen molar-refractivity contribution < 1.29 is 9.84 Å². The van der Waals surface area contributed by atoms with Gasteiger partial charge in [-0.15, -0.1) is 0 Å². The van der Waals surface area contributed by atoms with E-state index in [0.29, 0.717) is 17.8 Å². The largest absolute Gasteiger partial charge is 0.513 e. The smallest absolute Gasteiger partial charge is 0.119 e. The summed E-state index contributed by atoms with van der Waals surface area (Å²) >= 11 is 0. The quantitative estimate of drug-likeness (QED) is 0.250. The third-order valence-corrected chi connectivity index (χ3v) is 6.83. The van der Waals surface area contributed by atoms with Gasteiger partial charge in [0.1, 0.15) is 5.75 Å². The molecule has 1 atom stereocenters. The molecule has 1 N–H and O–H groups in total. The first kappa shape index (κ1) is 23.8. The van der Waals surface area contributed by atoms with Crippen molar-refractivity contribution in [2.24, 2.45) is 5.41 Å². The Morgan fingerprint density at radius 1 is 1.00 bits per heavy atom. The standard InChI is InChI=1S/C27H44O2/c1-4-6-12-25(22-23(3)28)24-13-15-26(16-14-24)29-21-11-20-27(17-7-5-2)18-9-8-10-19-27/h13-16,25,28H,3-12,17-22H2,1-2H3/t25-/m0/s1. The topological polar surface area (TPSA) is 29.5 Å². The van der Waals surface area contributed by atoms with Gasteiger partial charge in [-0.2, -0.15) is 0 Å². The summed E-state index contributed by atoms with van der Waals surface area (Å²) in [4.78, 5) is 0. The summed E-state index contributed by atoms with van der Waals surface area (Å²) in [7, 11) is 0. The van der Waals surface area contributed by atoms with E-state index in [1.807, 2.05) is 0 Å². The maximum Gasteiger partial charge on any atom is 0.119 e. The number of rotatable bonds is 14.